The molecule has 63 valence electrons. The van der Waals surface area contributed by atoms with Gasteiger partial charge in [0.2, 0.25) is 0 Å². The minimum Gasteiger partial charge on any atom is -0.207 e. The summed E-state index contributed by atoms with van der Waals surface area (Å²) in [7, 11) is 0. The Kier molecular flexibility index (Phi) is 1.67. The third kappa shape index (κ3) is 1.13. The molecule has 1 aromatic carbocycles. The van der Waals surface area contributed by atoms with Crippen LogP contribution in [0.3, 0.4) is 0 Å². The predicted octanol–water partition coefficient (Wildman–Crippen LogP) is 3.08. The predicted molar refractivity (Wildman–Crippen MR) is 47.3 cm³/mol. The molecule has 0 nitrogen and oxygen atoms in total. The lowest BCUT2D eigenvalue weighted by Gasteiger charge is -2.38. The van der Waals surface area contributed by atoms with Crippen molar-refractivity contribution in [2.24, 2.45) is 0 Å². The zero-order chi connectivity index (χ0) is 8.60. The molecule has 0 N–H and O–H groups in total. The summed E-state index contributed by atoms with van der Waals surface area (Å²) in [6.07, 6.45) is 4.67. The summed E-state index contributed by atoms with van der Waals surface area (Å²) in [5.74, 6) is -0.151. The van der Waals surface area contributed by atoms with Crippen molar-refractivity contribution in [3.8, 4) is 0 Å². The van der Waals surface area contributed by atoms with Gasteiger partial charge in [0, 0.05) is 0 Å². The minimum absolute atomic E-state index is 0.151. The lowest BCUT2D eigenvalue weighted by molar-refractivity contribution is 0.384. The van der Waals surface area contributed by atoms with E-state index in [-0.39, 0.29) is 11.2 Å². The van der Waals surface area contributed by atoms with Crippen LogP contribution < -0.4 is 0 Å². The van der Waals surface area contributed by atoms with Crippen molar-refractivity contribution >= 4 is 0 Å². The van der Waals surface area contributed by atoms with Crippen LogP contribution in [0.2, 0.25) is 0 Å². The van der Waals surface area contributed by atoms with Crippen molar-refractivity contribution in [3.63, 3.8) is 0 Å². The van der Waals surface area contributed by atoms with E-state index in [0.29, 0.717) is 0 Å². The van der Waals surface area contributed by atoms with Crippen LogP contribution in [-0.2, 0) is 5.41 Å². The molecule has 0 heterocycles. The van der Waals surface area contributed by atoms with Crippen LogP contribution in [0.15, 0.2) is 24.3 Å². The fourth-order valence-electron chi connectivity index (χ4n) is 1.67. The molecule has 1 radical (unpaired) electrons. The average molecular weight is 163 g/mol. The highest BCUT2D eigenvalue weighted by atomic mass is 19.1. The summed E-state index contributed by atoms with van der Waals surface area (Å²) in [6.45, 7) is 2.20. The SMILES string of the molecule is CC1(c2ccc(F)cc2)[CH]CC1. The molecule has 0 aromatic heterocycles. The second-order valence-corrected chi connectivity index (χ2v) is 3.67. The van der Waals surface area contributed by atoms with Gasteiger partial charge >= 0.3 is 0 Å². The van der Waals surface area contributed by atoms with Crippen molar-refractivity contribution in [1.82, 2.24) is 0 Å². The zero-order valence-corrected chi connectivity index (χ0v) is 7.18. The molecule has 1 aromatic rings. The summed E-state index contributed by atoms with van der Waals surface area (Å²) in [5.41, 5.74) is 1.45. The Morgan fingerprint density at radius 3 is 2.25 bits per heavy atom. The lowest BCUT2D eigenvalue weighted by atomic mass is 9.66. The van der Waals surface area contributed by atoms with E-state index in [9.17, 15) is 4.39 Å². The van der Waals surface area contributed by atoms with E-state index in [1.54, 1.807) is 0 Å². The summed E-state index contributed by atoms with van der Waals surface area (Å²) in [4.78, 5) is 0. The molecule has 0 spiro atoms. The van der Waals surface area contributed by atoms with Crippen molar-refractivity contribution in [2.45, 2.75) is 25.2 Å². The van der Waals surface area contributed by atoms with E-state index in [0.717, 1.165) is 0 Å². The maximum Gasteiger partial charge on any atom is 0.123 e. The fraction of sp³-hybridized carbons (Fsp3) is 0.364. The van der Waals surface area contributed by atoms with Gasteiger partial charge in [-0.1, -0.05) is 19.1 Å². The second kappa shape index (κ2) is 2.58. The number of benzene rings is 1. The summed E-state index contributed by atoms with van der Waals surface area (Å²) in [5, 5.41) is 0. The van der Waals surface area contributed by atoms with Gasteiger partial charge in [0.15, 0.2) is 0 Å². The second-order valence-electron chi connectivity index (χ2n) is 3.67. The van der Waals surface area contributed by atoms with Gasteiger partial charge in [-0.3, -0.25) is 0 Å². The first-order valence-electron chi connectivity index (χ1n) is 4.31. The summed E-state index contributed by atoms with van der Waals surface area (Å²) in [6, 6.07) is 6.83. The van der Waals surface area contributed by atoms with Gasteiger partial charge in [0.05, 0.1) is 0 Å². The van der Waals surface area contributed by atoms with Crippen molar-refractivity contribution in [3.05, 3.63) is 42.1 Å². The summed E-state index contributed by atoms with van der Waals surface area (Å²) >= 11 is 0. The first kappa shape index (κ1) is 7.78. The maximum atomic E-state index is 12.6. The third-order valence-corrected chi connectivity index (χ3v) is 2.76. The Bertz CT molecular complexity index is 270. The van der Waals surface area contributed by atoms with Crippen LogP contribution in [0.5, 0.6) is 0 Å². The third-order valence-electron chi connectivity index (χ3n) is 2.76. The molecule has 0 amide bonds. The van der Waals surface area contributed by atoms with E-state index in [1.165, 1.54) is 30.5 Å². The van der Waals surface area contributed by atoms with Crippen LogP contribution in [-0.4, -0.2) is 0 Å². The molecule has 0 aliphatic heterocycles. The Morgan fingerprint density at radius 2 is 1.83 bits per heavy atom. The molecular formula is C11H12F. The first-order valence-corrected chi connectivity index (χ1v) is 4.31. The van der Waals surface area contributed by atoms with Gasteiger partial charge in [0.25, 0.3) is 0 Å². The molecule has 0 saturated heterocycles. The van der Waals surface area contributed by atoms with Crippen LogP contribution in [0.1, 0.15) is 25.3 Å². The molecular weight excluding hydrogens is 151 g/mol. The molecule has 12 heavy (non-hydrogen) atoms. The van der Waals surface area contributed by atoms with Gasteiger partial charge in [0.1, 0.15) is 5.82 Å². The smallest absolute Gasteiger partial charge is 0.123 e. The number of hydrogen-bond acceptors (Lipinski definition) is 0. The van der Waals surface area contributed by atoms with Crippen LogP contribution >= 0.6 is 0 Å². The van der Waals surface area contributed by atoms with E-state index in [4.69, 9.17) is 0 Å². The monoisotopic (exact) mass is 163 g/mol. The standard InChI is InChI=1S/C11H12F/c1-11(7-2-8-11)9-3-5-10(12)6-4-9/h3-7H,2,8H2,1H3. The van der Waals surface area contributed by atoms with Gasteiger partial charge < -0.3 is 0 Å². The fourth-order valence-corrected chi connectivity index (χ4v) is 1.67. The molecule has 1 aliphatic carbocycles. The van der Waals surface area contributed by atoms with Crippen molar-refractivity contribution < 1.29 is 4.39 Å². The van der Waals surface area contributed by atoms with Crippen LogP contribution in [0, 0.1) is 12.2 Å². The van der Waals surface area contributed by atoms with Gasteiger partial charge in [-0.2, -0.15) is 0 Å². The molecule has 1 aliphatic rings. The molecule has 1 fully saturated rings. The Balaban J connectivity index is 2.28. The Hall–Kier alpha value is -0.850. The molecule has 2 rings (SSSR count). The Morgan fingerprint density at radius 1 is 1.25 bits per heavy atom. The van der Waals surface area contributed by atoms with Crippen LogP contribution in [0.4, 0.5) is 4.39 Å². The minimum atomic E-state index is -0.151. The number of rotatable bonds is 1. The average Bonchev–Trinajstić information content (AvgIpc) is 2.02. The van der Waals surface area contributed by atoms with Crippen LogP contribution in [0.25, 0.3) is 0 Å². The number of halogens is 1. The van der Waals surface area contributed by atoms with E-state index in [1.807, 2.05) is 12.1 Å². The summed E-state index contributed by atoms with van der Waals surface area (Å²) < 4.78 is 12.6. The zero-order valence-electron chi connectivity index (χ0n) is 7.18. The van der Waals surface area contributed by atoms with E-state index >= 15 is 0 Å². The maximum absolute atomic E-state index is 12.6. The van der Waals surface area contributed by atoms with E-state index < -0.39 is 0 Å². The van der Waals surface area contributed by atoms with Gasteiger partial charge in [-0.15, -0.1) is 0 Å². The van der Waals surface area contributed by atoms with Gasteiger partial charge in [-0.25, -0.2) is 4.39 Å². The highest BCUT2D eigenvalue weighted by molar-refractivity contribution is 5.31. The normalized spacial score (nSPS) is 20.2. The topological polar surface area (TPSA) is 0 Å². The molecule has 1 atom stereocenters. The lowest BCUT2D eigenvalue weighted by Crippen LogP contribution is -2.31. The van der Waals surface area contributed by atoms with Crippen molar-refractivity contribution in [2.75, 3.05) is 0 Å². The highest BCUT2D eigenvalue weighted by Crippen LogP contribution is 2.41. The highest BCUT2D eigenvalue weighted by Gasteiger charge is 2.33. The number of hydrogen-bond donors (Lipinski definition) is 0. The largest absolute Gasteiger partial charge is 0.207 e. The first-order chi connectivity index (χ1) is 5.71. The van der Waals surface area contributed by atoms with Gasteiger partial charge in [-0.05, 0) is 42.4 Å². The molecule has 1 heteroatoms. The van der Waals surface area contributed by atoms with E-state index in [2.05, 4.69) is 13.3 Å². The quantitative estimate of drug-likeness (QED) is 0.596. The molecule has 1 saturated carbocycles. The van der Waals surface area contributed by atoms with Crippen molar-refractivity contribution in [1.29, 1.82) is 0 Å². The Labute approximate surface area is 72.4 Å². The molecule has 0 bridgehead atoms. The molecule has 1 unspecified atom stereocenters.